The van der Waals surface area contributed by atoms with Gasteiger partial charge in [0.15, 0.2) is 0 Å². The fraction of sp³-hybridized carbons (Fsp3) is 0.533. The molecule has 0 unspecified atom stereocenters. The lowest BCUT2D eigenvalue weighted by Crippen LogP contribution is -2.43. The van der Waals surface area contributed by atoms with E-state index in [0.29, 0.717) is 12.3 Å². The lowest BCUT2D eigenvalue weighted by atomic mass is 10.1. The van der Waals surface area contributed by atoms with E-state index in [0.717, 1.165) is 5.56 Å². The van der Waals surface area contributed by atoms with Gasteiger partial charge in [-0.2, -0.15) is 12.6 Å². The quantitative estimate of drug-likeness (QED) is 0.726. The number of rotatable bonds is 5. The lowest BCUT2D eigenvalue weighted by molar-refractivity contribution is -0.122. The van der Waals surface area contributed by atoms with Crippen LogP contribution in [0.1, 0.15) is 30.5 Å². The maximum absolute atomic E-state index is 11.7. The molecular formula is C15H26N2OS. The molecule has 0 fully saturated rings. The van der Waals surface area contributed by atoms with Crippen LogP contribution in [0.4, 0.5) is 0 Å². The fourth-order valence-corrected chi connectivity index (χ4v) is 2.00. The first-order valence-corrected chi connectivity index (χ1v) is 7.33. The summed E-state index contributed by atoms with van der Waals surface area (Å²) in [7, 11) is 1.76. The average molecular weight is 282 g/mol. The molecule has 0 spiro atoms. The average Bonchev–Trinajstić information content (AvgIpc) is 2.41. The van der Waals surface area contributed by atoms with Crippen molar-refractivity contribution < 1.29 is 4.79 Å². The maximum Gasteiger partial charge on any atom is 0.238 e. The van der Waals surface area contributed by atoms with Gasteiger partial charge < -0.3 is 10.6 Å². The summed E-state index contributed by atoms with van der Waals surface area (Å²) in [5, 5.41) is 5.83. The summed E-state index contributed by atoms with van der Waals surface area (Å²) in [6.45, 7) is 8.69. The van der Waals surface area contributed by atoms with E-state index in [1.54, 1.807) is 7.05 Å². The minimum atomic E-state index is -0.232. The summed E-state index contributed by atoms with van der Waals surface area (Å²) in [5.41, 5.74) is 3.59. The van der Waals surface area contributed by atoms with Gasteiger partial charge >= 0.3 is 0 Å². The van der Waals surface area contributed by atoms with Crippen molar-refractivity contribution in [1.29, 1.82) is 0 Å². The molecule has 0 aliphatic carbocycles. The highest BCUT2D eigenvalue weighted by molar-refractivity contribution is 7.80. The van der Waals surface area contributed by atoms with Crippen molar-refractivity contribution in [3.05, 3.63) is 34.9 Å². The third kappa shape index (κ3) is 6.12. The molecule has 1 atom stereocenters. The molecule has 3 nitrogen and oxygen atoms in total. The molecule has 1 aromatic rings. The number of carbonyl (C=O) groups is 1. The predicted octanol–water partition coefficient (Wildman–Crippen LogP) is 2.46. The van der Waals surface area contributed by atoms with Gasteiger partial charge in [-0.25, -0.2) is 0 Å². The van der Waals surface area contributed by atoms with E-state index in [9.17, 15) is 4.79 Å². The van der Waals surface area contributed by atoms with E-state index in [-0.39, 0.29) is 11.9 Å². The van der Waals surface area contributed by atoms with E-state index < -0.39 is 0 Å². The third-order valence-corrected chi connectivity index (χ3v) is 3.16. The highest BCUT2D eigenvalue weighted by atomic mass is 32.1. The van der Waals surface area contributed by atoms with E-state index in [1.807, 2.05) is 13.8 Å². The Kier molecular flexibility index (Phi) is 9.35. The summed E-state index contributed by atoms with van der Waals surface area (Å²) in [4.78, 5) is 11.7. The zero-order valence-corrected chi connectivity index (χ0v) is 13.5. The van der Waals surface area contributed by atoms with Gasteiger partial charge in [-0.05, 0) is 32.0 Å². The monoisotopic (exact) mass is 282 g/mol. The second-order valence-electron chi connectivity index (χ2n) is 4.17. The first-order valence-electron chi connectivity index (χ1n) is 6.70. The van der Waals surface area contributed by atoms with Gasteiger partial charge in [-0.15, -0.1) is 0 Å². The topological polar surface area (TPSA) is 41.1 Å². The zero-order chi connectivity index (χ0) is 14.8. The molecule has 1 amide bonds. The van der Waals surface area contributed by atoms with Crippen LogP contribution in [-0.4, -0.2) is 24.7 Å². The molecule has 108 valence electrons. The minimum Gasteiger partial charge on any atom is -0.351 e. The van der Waals surface area contributed by atoms with Crippen LogP contribution >= 0.6 is 12.6 Å². The van der Waals surface area contributed by atoms with Crippen molar-refractivity contribution >= 4 is 18.5 Å². The van der Waals surface area contributed by atoms with E-state index >= 15 is 0 Å². The van der Waals surface area contributed by atoms with E-state index in [2.05, 4.69) is 55.3 Å². The normalized spacial score (nSPS) is 11.3. The number of likely N-dealkylation sites (N-methyl/N-ethyl adjacent to an activating group) is 1. The maximum atomic E-state index is 11.7. The second-order valence-corrected chi connectivity index (χ2v) is 4.54. The number of nitrogens with one attached hydrogen (secondary N) is 2. The van der Waals surface area contributed by atoms with Crippen molar-refractivity contribution in [2.24, 2.45) is 0 Å². The van der Waals surface area contributed by atoms with Crippen LogP contribution in [-0.2, 0) is 11.3 Å². The van der Waals surface area contributed by atoms with Gasteiger partial charge in [0.2, 0.25) is 5.91 Å². The Bertz CT molecular complexity index is 390. The van der Waals surface area contributed by atoms with Crippen LogP contribution in [0.3, 0.4) is 0 Å². The van der Waals surface area contributed by atoms with Crippen LogP contribution in [0.15, 0.2) is 18.2 Å². The van der Waals surface area contributed by atoms with Gasteiger partial charge in [0.1, 0.15) is 0 Å². The molecule has 2 N–H and O–H groups in total. The SMILES string of the molecule is CC.CN[C@@H](CS)C(=O)NCc1ccc(C)cc1C. The molecular weight excluding hydrogens is 256 g/mol. The number of aryl methyl sites for hydroxylation is 2. The highest BCUT2D eigenvalue weighted by Crippen LogP contribution is 2.10. The second kappa shape index (κ2) is 9.87. The van der Waals surface area contributed by atoms with Crippen molar-refractivity contribution in [3.8, 4) is 0 Å². The Balaban J connectivity index is 0.00000154. The molecule has 1 aromatic carbocycles. The Morgan fingerprint density at radius 2 is 1.95 bits per heavy atom. The molecule has 0 bridgehead atoms. The highest BCUT2D eigenvalue weighted by Gasteiger charge is 2.13. The van der Waals surface area contributed by atoms with Crippen LogP contribution in [0, 0.1) is 13.8 Å². The van der Waals surface area contributed by atoms with Crippen LogP contribution in [0.2, 0.25) is 0 Å². The van der Waals surface area contributed by atoms with Gasteiger partial charge in [0.05, 0.1) is 6.04 Å². The molecule has 0 heterocycles. The molecule has 1 rings (SSSR count). The summed E-state index contributed by atoms with van der Waals surface area (Å²) in [6.07, 6.45) is 0. The Hall–Kier alpha value is -1.00. The first kappa shape index (κ1) is 18.0. The van der Waals surface area contributed by atoms with Crippen molar-refractivity contribution in [2.75, 3.05) is 12.8 Å². The van der Waals surface area contributed by atoms with Crippen LogP contribution in [0.5, 0.6) is 0 Å². The smallest absolute Gasteiger partial charge is 0.238 e. The lowest BCUT2D eigenvalue weighted by Gasteiger charge is -2.14. The molecule has 0 aliphatic heterocycles. The van der Waals surface area contributed by atoms with Gasteiger partial charge in [-0.3, -0.25) is 4.79 Å². The number of carbonyl (C=O) groups excluding carboxylic acids is 1. The van der Waals surface area contributed by atoms with Gasteiger partial charge in [-0.1, -0.05) is 37.6 Å². The molecule has 4 heteroatoms. The Morgan fingerprint density at radius 3 is 2.42 bits per heavy atom. The van der Waals surface area contributed by atoms with Crippen molar-refractivity contribution in [3.63, 3.8) is 0 Å². The molecule has 0 saturated carbocycles. The minimum absolute atomic E-state index is 0.0116. The van der Waals surface area contributed by atoms with Gasteiger partial charge in [0, 0.05) is 12.3 Å². The van der Waals surface area contributed by atoms with E-state index in [1.165, 1.54) is 11.1 Å². The third-order valence-electron chi connectivity index (χ3n) is 2.80. The fourth-order valence-electron chi connectivity index (χ4n) is 1.65. The molecule has 0 saturated heterocycles. The standard InChI is InChI=1S/C13H20N2OS.C2H6/c1-9-4-5-11(10(2)6-9)7-15-13(16)12(8-17)14-3;1-2/h4-6,12,14,17H,7-8H2,1-3H3,(H,15,16);1-2H3/t12-;/m0./s1. The Labute approximate surface area is 122 Å². The summed E-state index contributed by atoms with van der Waals surface area (Å²) >= 11 is 4.13. The van der Waals surface area contributed by atoms with Gasteiger partial charge in [0.25, 0.3) is 0 Å². The first-order chi connectivity index (χ1) is 9.08. The number of amides is 1. The van der Waals surface area contributed by atoms with Crippen LogP contribution < -0.4 is 10.6 Å². The largest absolute Gasteiger partial charge is 0.351 e. The number of thiol groups is 1. The number of hydrogen-bond acceptors (Lipinski definition) is 3. The van der Waals surface area contributed by atoms with Crippen LogP contribution in [0.25, 0.3) is 0 Å². The number of benzene rings is 1. The molecule has 0 aliphatic rings. The summed E-state index contributed by atoms with van der Waals surface area (Å²) in [5.74, 6) is 0.484. The predicted molar refractivity (Wildman–Crippen MR) is 85.8 cm³/mol. The Morgan fingerprint density at radius 1 is 1.32 bits per heavy atom. The molecule has 0 aromatic heterocycles. The molecule has 19 heavy (non-hydrogen) atoms. The summed E-state index contributed by atoms with van der Waals surface area (Å²) in [6, 6.07) is 6.00. The van der Waals surface area contributed by atoms with Crippen molar-refractivity contribution in [1.82, 2.24) is 10.6 Å². The summed E-state index contributed by atoms with van der Waals surface area (Å²) < 4.78 is 0. The molecule has 0 radical (unpaired) electrons. The zero-order valence-electron chi connectivity index (χ0n) is 12.6. The van der Waals surface area contributed by atoms with E-state index in [4.69, 9.17) is 0 Å². The number of hydrogen-bond donors (Lipinski definition) is 3. The van der Waals surface area contributed by atoms with Crippen molar-refractivity contribution in [2.45, 2.75) is 40.3 Å².